The van der Waals surface area contributed by atoms with Crippen LogP contribution in [0.15, 0.2) is 0 Å². The molecule has 0 bridgehead atoms. The molecule has 3 N–H and O–H groups in total. The molecule has 2 aromatic rings. The molecule has 0 aliphatic carbocycles. The molecular formula is C19H21ClF2N6O. The Hall–Kier alpha value is -2.44. The number of pyridine rings is 1. The number of alkyl halides is 2. The molecular weight excluding hydrogens is 402 g/mol. The van der Waals surface area contributed by atoms with E-state index in [4.69, 9.17) is 17.3 Å². The minimum atomic E-state index is -3.77. The number of aryl methyl sites for hydroxylation is 1. The van der Waals surface area contributed by atoms with Crippen molar-refractivity contribution in [2.75, 3.05) is 31.1 Å². The SMILES string of the molecule is CC(=O)N1CC2(CCN(c3c(C#N)c(C(N)(F)F)nc4c(Cl)c(C)[nH]c34)CC2)C1. The first-order valence-corrected chi connectivity index (χ1v) is 9.73. The van der Waals surface area contributed by atoms with Crippen molar-refractivity contribution in [3.8, 4) is 6.07 Å². The Labute approximate surface area is 171 Å². The van der Waals surface area contributed by atoms with Crippen molar-refractivity contribution >= 4 is 34.2 Å². The number of aromatic nitrogens is 2. The van der Waals surface area contributed by atoms with Crippen LogP contribution in [0.25, 0.3) is 11.0 Å². The summed E-state index contributed by atoms with van der Waals surface area (Å²) in [5, 5.41) is 9.92. The van der Waals surface area contributed by atoms with Gasteiger partial charge >= 0.3 is 6.05 Å². The highest BCUT2D eigenvalue weighted by molar-refractivity contribution is 6.36. The number of carbonyl (C=O) groups excluding carboxylic acids is 1. The fourth-order valence-corrected chi connectivity index (χ4v) is 4.62. The first-order valence-electron chi connectivity index (χ1n) is 9.36. The zero-order valence-electron chi connectivity index (χ0n) is 16.2. The van der Waals surface area contributed by atoms with Crippen molar-refractivity contribution in [1.29, 1.82) is 5.26 Å². The number of nitrogens with one attached hydrogen (secondary N) is 1. The topological polar surface area (TPSA) is 102 Å². The van der Waals surface area contributed by atoms with Crippen molar-refractivity contribution < 1.29 is 13.6 Å². The Bertz CT molecular complexity index is 1040. The highest BCUT2D eigenvalue weighted by Gasteiger charge is 2.46. The van der Waals surface area contributed by atoms with Gasteiger partial charge < -0.3 is 14.8 Å². The van der Waals surface area contributed by atoms with Gasteiger partial charge in [-0.05, 0) is 19.8 Å². The van der Waals surface area contributed by atoms with Crippen LogP contribution < -0.4 is 10.6 Å². The molecule has 2 aliphatic rings. The number of halogens is 3. The van der Waals surface area contributed by atoms with Gasteiger partial charge in [0.1, 0.15) is 22.8 Å². The van der Waals surface area contributed by atoms with Crippen LogP contribution in [0.1, 0.15) is 36.7 Å². The third kappa shape index (κ3) is 3.11. The predicted molar refractivity (Wildman–Crippen MR) is 105 cm³/mol. The lowest BCUT2D eigenvalue weighted by Gasteiger charge is -2.54. The summed E-state index contributed by atoms with van der Waals surface area (Å²) in [6.07, 6.45) is 1.60. The molecule has 0 aromatic carbocycles. The van der Waals surface area contributed by atoms with Crippen molar-refractivity contribution in [3.63, 3.8) is 0 Å². The molecule has 1 spiro atoms. The number of likely N-dealkylation sites (tertiary alicyclic amines) is 1. The fourth-order valence-electron chi connectivity index (χ4n) is 4.44. The summed E-state index contributed by atoms with van der Waals surface area (Å²) in [6.45, 7) is 5.85. The highest BCUT2D eigenvalue weighted by atomic mass is 35.5. The zero-order valence-corrected chi connectivity index (χ0v) is 16.9. The van der Waals surface area contributed by atoms with E-state index < -0.39 is 11.7 Å². The van der Waals surface area contributed by atoms with Crippen LogP contribution in [0.4, 0.5) is 14.5 Å². The molecule has 0 saturated carbocycles. The molecule has 4 rings (SSSR count). The number of rotatable bonds is 2. The Morgan fingerprint density at radius 3 is 2.52 bits per heavy atom. The van der Waals surface area contributed by atoms with Gasteiger partial charge in [0.25, 0.3) is 0 Å². The largest absolute Gasteiger partial charge is 0.369 e. The molecule has 2 saturated heterocycles. The van der Waals surface area contributed by atoms with E-state index in [0.29, 0.717) is 43.1 Å². The first-order chi connectivity index (χ1) is 13.6. The van der Waals surface area contributed by atoms with Crippen LogP contribution in [0, 0.1) is 23.7 Å². The van der Waals surface area contributed by atoms with Crippen LogP contribution in [-0.4, -0.2) is 47.0 Å². The lowest BCUT2D eigenvalue weighted by molar-refractivity contribution is -0.142. The molecule has 10 heteroatoms. The summed E-state index contributed by atoms with van der Waals surface area (Å²) in [7, 11) is 0. The maximum atomic E-state index is 14.1. The van der Waals surface area contributed by atoms with Gasteiger partial charge in [-0.1, -0.05) is 11.6 Å². The second kappa shape index (κ2) is 6.54. The minimum Gasteiger partial charge on any atom is -0.369 e. The molecule has 1 amide bonds. The number of carbonyl (C=O) groups is 1. The standard InChI is InChI=1S/C19H21ClF2N6O/c1-10-13(20)14-15(25-10)16(12(7-23)17(26-14)19(21,22)24)27-5-3-18(4-6-27)8-28(9-18)11(2)29/h25H,3-6,8-9,24H2,1-2H3. The quantitative estimate of drug-likeness (QED) is 0.724. The third-order valence-electron chi connectivity index (χ3n) is 6.09. The molecule has 7 nitrogen and oxygen atoms in total. The van der Waals surface area contributed by atoms with Crippen LogP contribution in [0.2, 0.25) is 5.02 Å². The number of piperidine rings is 1. The number of aromatic amines is 1. The van der Waals surface area contributed by atoms with E-state index in [1.165, 1.54) is 0 Å². The third-order valence-corrected chi connectivity index (χ3v) is 6.55. The van der Waals surface area contributed by atoms with E-state index in [0.717, 1.165) is 12.8 Å². The van der Waals surface area contributed by atoms with Crippen LogP contribution >= 0.6 is 11.6 Å². The van der Waals surface area contributed by atoms with E-state index in [1.54, 1.807) is 13.8 Å². The van der Waals surface area contributed by atoms with Crippen LogP contribution in [-0.2, 0) is 10.8 Å². The van der Waals surface area contributed by atoms with Crippen molar-refractivity contribution in [1.82, 2.24) is 14.9 Å². The van der Waals surface area contributed by atoms with Gasteiger partial charge in [-0.2, -0.15) is 14.0 Å². The number of amides is 1. The van der Waals surface area contributed by atoms with Gasteiger partial charge in [0, 0.05) is 44.2 Å². The number of nitrogens with two attached hydrogens (primary N) is 1. The Kier molecular flexibility index (Phi) is 4.48. The predicted octanol–water partition coefficient (Wildman–Crippen LogP) is 2.85. The monoisotopic (exact) mass is 422 g/mol. The number of anilines is 1. The average molecular weight is 423 g/mol. The van der Waals surface area contributed by atoms with Gasteiger partial charge in [-0.25, -0.2) is 4.98 Å². The number of hydrogen-bond donors (Lipinski definition) is 2. The number of fused-ring (bicyclic) bond motifs is 1. The lowest BCUT2D eigenvalue weighted by Crippen LogP contribution is -2.61. The Morgan fingerprint density at radius 1 is 1.38 bits per heavy atom. The van der Waals surface area contributed by atoms with E-state index in [9.17, 15) is 18.8 Å². The number of hydrogen-bond acceptors (Lipinski definition) is 5. The molecule has 0 unspecified atom stereocenters. The van der Waals surface area contributed by atoms with E-state index in [2.05, 4.69) is 9.97 Å². The Morgan fingerprint density at radius 2 is 2.00 bits per heavy atom. The highest BCUT2D eigenvalue weighted by Crippen LogP contribution is 2.44. The van der Waals surface area contributed by atoms with E-state index in [-0.39, 0.29) is 27.4 Å². The Balaban J connectivity index is 1.75. The van der Waals surface area contributed by atoms with Crippen molar-refractivity contribution in [2.24, 2.45) is 11.1 Å². The normalized spacial score (nSPS) is 18.8. The van der Waals surface area contributed by atoms with E-state index in [1.807, 2.05) is 15.9 Å². The summed E-state index contributed by atoms with van der Waals surface area (Å²) in [5.41, 5.74) is 5.70. The molecule has 0 radical (unpaired) electrons. The van der Waals surface area contributed by atoms with Gasteiger partial charge in [-0.15, -0.1) is 0 Å². The van der Waals surface area contributed by atoms with Crippen LogP contribution in [0.3, 0.4) is 0 Å². The molecule has 2 fully saturated rings. The fraction of sp³-hybridized carbons (Fsp3) is 0.526. The smallest absolute Gasteiger partial charge is 0.345 e. The summed E-state index contributed by atoms with van der Waals surface area (Å²) in [5.74, 6) is 0.0620. The summed E-state index contributed by atoms with van der Waals surface area (Å²) in [6, 6.07) is -1.89. The second-order valence-corrected chi connectivity index (χ2v) is 8.45. The summed E-state index contributed by atoms with van der Waals surface area (Å²) >= 11 is 6.27. The van der Waals surface area contributed by atoms with Gasteiger partial charge in [0.05, 0.1) is 16.2 Å². The molecule has 2 aromatic heterocycles. The molecule has 0 atom stereocenters. The lowest BCUT2D eigenvalue weighted by atomic mass is 9.72. The van der Waals surface area contributed by atoms with Gasteiger partial charge in [-0.3, -0.25) is 10.5 Å². The zero-order chi connectivity index (χ0) is 21.1. The summed E-state index contributed by atoms with van der Waals surface area (Å²) in [4.78, 5) is 22.3. The number of nitriles is 1. The van der Waals surface area contributed by atoms with Crippen LogP contribution in [0.5, 0.6) is 0 Å². The maximum Gasteiger partial charge on any atom is 0.345 e. The molecule has 29 heavy (non-hydrogen) atoms. The second-order valence-electron chi connectivity index (χ2n) is 8.07. The first kappa shape index (κ1) is 19.9. The number of nitrogens with zero attached hydrogens (tertiary/aromatic N) is 4. The number of H-pyrrole nitrogens is 1. The van der Waals surface area contributed by atoms with Gasteiger partial charge in [0.2, 0.25) is 5.91 Å². The average Bonchev–Trinajstić information content (AvgIpc) is 2.91. The maximum absolute atomic E-state index is 14.1. The minimum absolute atomic E-state index is 0.0606. The van der Waals surface area contributed by atoms with Crippen molar-refractivity contribution in [2.45, 2.75) is 32.7 Å². The van der Waals surface area contributed by atoms with Gasteiger partial charge in [0.15, 0.2) is 0 Å². The molecule has 2 aliphatic heterocycles. The molecule has 4 heterocycles. The van der Waals surface area contributed by atoms with Crippen molar-refractivity contribution in [3.05, 3.63) is 22.0 Å². The van der Waals surface area contributed by atoms with E-state index >= 15 is 0 Å². The molecule has 154 valence electrons. The summed E-state index contributed by atoms with van der Waals surface area (Å²) < 4.78 is 28.2.